The van der Waals surface area contributed by atoms with Gasteiger partial charge in [-0.3, -0.25) is 0 Å². The monoisotopic (exact) mass is 312 g/mol. The van der Waals surface area contributed by atoms with E-state index >= 15 is 0 Å². The van der Waals surface area contributed by atoms with Crippen LogP contribution >= 0.6 is 0 Å². The lowest BCUT2D eigenvalue weighted by atomic mass is 10.2. The first kappa shape index (κ1) is 15.8. The predicted octanol–water partition coefficient (Wildman–Crippen LogP) is 2.08. The zero-order valence-electron chi connectivity index (χ0n) is 12.4. The van der Waals surface area contributed by atoms with E-state index in [1.54, 1.807) is 26.0 Å². The second kappa shape index (κ2) is 6.46. The molecule has 21 heavy (non-hydrogen) atoms. The number of hydrogen-bond acceptors (Lipinski definition) is 5. The predicted molar refractivity (Wildman–Crippen MR) is 78.3 cm³/mol. The Labute approximate surface area is 124 Å². The number of rotatable bonds is 7. The van der Waals surface area contributed by atoms with Gasteiger partial charge < -0.3 is 14.2 Å². The largest absolute Gasteiger partial charge is 0.468 e. The van der Waals surface area contributed by atoms with Crippen LogP contribution in [0.3, 0.4) is 0 Å². The molecule has 0 aliphatic heterocycles. The Balaban J connectivity index is 2.26. The maximum atomic E-state index is 12.5. The van der Waals surface area contributed by atoms with Crippen molar-refractivity contribution in [1.82, 2.24) is 10.0 Å². The summed E-state index contributed by atoms with van der Waals surface area (Å²) in [6, 6.07) is 3.43. The highest BCUT2D eigenvalue weighted by Gasteiger charge is 2.26. The summed E-state index contributed by atoms with van der Waals surface area (Å²) in [7, 11) is -3.65. The normalized spacial score (nSPS) is 12.0. The van der Waals surface area contributed by atoms with Gasteiger partial charge in [-0.05, 0) is 32.5 Å². The quantitative estimate of drug-likeness (QED) is 0.817. The molecular formula is C14H20N2O4S. The summed E-state index contributed by atoms with van der Waals surface area (Å²) in [6.07, 6.45) is 1.51. The molecule has 0 spiro atoms. The van der Waals surface area contributed by atoms with E-state index in [4.69, 9.17) is 8.83 Å². The van der Waals surface area contributed by atoms with Gasteiger partial charge in [0.2, 0.25) is 10.0 Å². The van der Waals surface area contributed by atoms with E-state index in [9.17, 15) is 8.42 Å². The lowest BCUT2D eigenvalue weighted by molar-refractivity contribution is 0.489. The second-order valence-electron chi connectivity index (χ2n) is 4.71. The fourth-order valence-electron chi connectivity index (χ4n) is 2.17. The minimum absolute atomic E-state index is 0.111. The highest BCUT2D eigenvalue weighted by molar-refractivity contribution is 7.89. The summed E-state index contributed by atoms with van der Waals surface area (Å²) >= 11 is 0. The summed E-state index contributed by atoms with van der Waals surface area (Å²) in [5, 5.41) is 3.13. The van der Waals surface area contributed by atoms with Gasteiger partial charge in [0.15, 0.2) is 0 Å². The smallest absolute Gasteiger partial charge is 0.244 e. The van der Waals surface area contributed by atoms with Crippen molar-refractivity contribution in [2.75, 3.05) is 6.54 Å². The number of sulfonamides is 1. The van der Waals surface area contributed by atoms with Gasteiger partial charge in [-0.15, -0.1) is 0 Å². The topological polar surface area (TPSA) is 84.5 Å². The molecule has 2 aromatic heterocycles. The summed E-state index contributed by atoms with van der Waals surface area (Å²) in [5.74, 6) is 1.57. The van der Waals surface area contributed by atoms with E-state index in [1.165, 1.54) is 6.26 Å². The lowest BCUT2D eigenvalue weighted by Crippen LogP contribution is -2.25. The first-order chi connectivity index (χ1) is 9.95. The Hall–Kier alpha value is -1.57. The lowest BCUT2D eigenvalue weighted by Gasteiger charge is -2.08. The van der Waals surface area contributed by atoms with Crippen molar-refractivity contribution in [2.24, 2.45) is 0 Å². The third-order valence-electron chi connectivity index (χ3n) is 3.16. The molecule has 2 N–H and O–H groups in total. The first-order valence-corrected chi connectivity index (χ1v) is 8.25. The Morgan fingerprint density at radius 1 is 1.19 bits per heavy atom. The van der Waals surface area contributed by atoms with Crippen molar-refractivity contribution >= 4 is 10.0 Å². The summed E-state index contributed by atoms with van der Waals surface area (Å²) in [5.41, 5.74) is 0.668. The first-order valence-electron chi connectivity index (χ1n) is 6.77. The van der Waals surface area contributed by atoms with Gasteiger partial charge >= 0.3 is 0 Å². The van der Waals surface area contributed by atoms with Crippen LogP contribution in [0.25, 0.3) is 0 Å². The van der Waals surface area contributed by atoms with Crippen LogP contribution in [0.1, 0.15) is 29.8 Å². The molecule has 116 valence electrons. The maximum Gasteiger partial charge on any atom is 0.244 e. The van der Waals surface area contributed by atoms with Crippen molar-refractivity contribution in [2.45, 2.75) is 38.8 Å². The van der Waals surface area contributed by atoms with Crippen LogP contribution in [0.2, 0.25) is 0 Å². The molecule has 7 heteroatoms. The second-order valence-corrected chi connectivity index (χ2v) is 6.41. The van der Waals surface area contributed by atoms with Crippen LogP contribution in [-0.2, 0) is 23.1 Å². The van der Waals surface area contributed by atoms with Crippen molar-refractivity contribution in [3.8, 4) is 0 Å². The maximum absolute atomic E-state index is 12.5. The molecule has 2 heterocycles. The van der Waals surface area contributed by atoms with Crippen molar-refractivity contribution in [1.29, 1.82) is 0 Å². The van der Waals surface area contributed by atoms with Gasteiger partial charge in [-0.25, -0.2) is 13.1 Å². The molecule has 0 fully saturated rings. The average molecular weight is 312 g/mol. The van der Waals surface area contributed by atoms with Crippen molar-refractivity contribution in [3.63, 3.8) is 0 Å². The van der Waals surface area contributed by atoms with Crippen LogP contribution in [0.5, 0.6) is 0 Å². The highest BCUT2D eigenvalue weighted by Crippen LogP contribution is 2.26. The fraction of sp³-hybridized carbons (Fsp3) is 0.429. The third-order valence-corrected chi connectivity index (χ3v) is 4.76. The van der Waals surface area contributed by atoms with E-state index in [2.05, 4.69) is 10.0 Å². The van der Waals surface area contributed by atoms with E-state index in [1.807, 2.05) is 6.92 Å². The van der Waals surface area contributed by atoms with Crippen LogP contribution in [-0.4, -0.2) is 15.0 Å². The van der Waals surface area contributed by atoms with Crippen LogP contribution in [0.15, 0.2) is 32.1 Å². The van der Waals surface area contributed by atoms with Crippen LogP contribution in [0.4, 0.5) is 0 Å². The van der Waals surface area contributed by atoms with Crippen molar-refractivity contribution in [3.05, 3.63) is 41.2 Å². The zero-order valence-corrected chi connectivity index (χ0v) is 13.2. The molecule has 2 rings (SSSR count). The minimum Gasteiger partial charge on any atom is -0.468 e. The molecule has 0 saturated heterocycles. The van der Waals surface area contributed by atoms with E-state index in [0.717, 1.165) is 6.54 Å². The summed E-state index contributed by atoms with van der Waals surface area (Å²) < 4.78 is 38.2. The molecular weight excluding hydrogens is 292 g/mol. The van der Waals surface area contributed by atoms with Crippen molar-refractivity contribution < 1.29 is 17.3 Å². The molecule has 0 bridgehead atoms. The molecule has 0 radical (unpaired) electrons. The Kier molecular flexibility index (Phi) is 4.87. The van der Waals surface area contributed by atoms with Crippen LogP contribution < -0.4 is 10.0 Å². The number of hydrogen-bond donors (Lipinski definition) is 2. The van der Waals surface area contributed by atoms with Gasteiger partial charge in [-0.2, -0.15) is 0 Å². The molecule has 6 nitrogen and oxygen atoms in total. The molecule has 0 unspecified atom stereocenters. The molecule has 0 saturated carbocycles. The molecule has 0 amide bonds. The molecule has 2 aromatic rings. The van der Waals surface area contributed by atoms with Gasteiger partial charge in [0.25, 0.3) is 0 Å². The van der Waals surface area contributed by atoms with Gasteiger partial charge in [0, 0.05) is 12.1 Å². The Morgan fingerprint density at radius 3 is 2.57 bits per heavy atom. The molecule has 0 aromatic carbocycles. The number of nitrogens with one attached hydrogen (secondary N) is 2. The molecule has 0 aliphatic rings. The standard InChI is InChI=1S/C14H20N2O4S/c1-4-15-9-13-10(2)20-11(3)14(13)21(17,18)16-8-12-6-5-7-19-12/h5-7,15-16H,4,8-9H2,1-3H3. The Bertz CT molecular complexity index is 687. The Morgan fingerprint density at radius 2 is 1.95 bits per heavy atom. The van der Waals surface area contributed by atoms with E-state index in [-0.39, 0.29) is 11.4 Å². The van der Waals surface area contributed by atoms with Gasteiger partial charge in [0.05, 0.1) is 12.8 Å². The van der Waals surface area contributed by atoms with Crippen LogP contribution in [0, 0.1) is 13.8 Å². The highest BCUT2D eigenvalue weighted by atomic mass is 32.2. The summed E-state index contributed by atoms with van der Waals surface area (Å²) in [4.78, 5) is 0.215. The SMILES string of the molecule is CCNCc1c(C)oc(C)c1S(=O)(=O)NCc1ccco1. The minimum atomic E-state index is -3.65. The van der Waals surface area contributed by atoms with Gasteiger partial charge in [-0.1, -0.05) is 6.92 Å². The fourth-order valence-corrected chi connectivity index (χ4v) is 3.60. The third kappa shape index (κ3) is 3.55. The number of furan rings is 2. The average Bonchev–Trinajstić information content (AvgIpc) is 3.02. The van der Waals surface area contributed by atoms with E-state index in [0.29, 0.717) is 29.4 Å². The zero-order chi connectivity index (χ0) is 15.5. The molecule has 0 aliphatic carbocycles. The molecule has 0 atom stereocenters. The summed E-state index contributed by atoms with van der Waals surface area (Å²) in [6.45, 7) is 6.71. The van der Waals surface area contributed by atoms with E-state index < -0.39 is 10.0 Å². The van der Waals surface area contributed by atoms with Gasteiger partial charge in [0.1, 0.15) is 22.2 Å². The number of aryl methyl sites for hydroxylation is 2.